The first-order valence-electron chi connectivity index (χ1n) is 5.61. The molecule has 0 fully saturated rings. The zero-order valence-corrected chi connectivity index (χ0v) is 10.1. The Balaban J connectivity index is 2.48. The van der Waals surface area contributed by atoms with Crippen molar-refractivity contribution in [3.63, 3.8) is 0 Å². The van der Waals surface area contributed by atoms with Gasteiger partial charge in [-0.1, -0.05) is 17.3 Å². The van der Waals surface area contributed by atoms with E-state index in [2.05, 4.69) is 10.3 Å². The number of ether oxygens (including phenoxy) is 1. The maximum Gasteiger partial charge on any atom is 0.145 e. The first-order chi connectivity index (χ1) is 8.27. The minimum absolute atomic E-state index is 0.392. The van der Waals surface area contributed by atoms with Gasteiger partial charge in [-0.3, -0.25) is 0 Å². The molecule has 17 heavy (non-hydrogen) atoms. The van der Waals surface area contributed by atoms with E-state index in [1.807, 2.05) is 38.1 Å². The largest absolute Gasteiger partial charge is 0.492 e. The predicted octanol–water partition coefficient (Wildman–Crippen LogP) is 1.43. The van der Waals surface area contributed by atoms with Crippen LogP contribution in [0.3, 0.4) is 0 Å². The van der Waals surface area contributed by atoms with E-state index in [9.17, 15) is 0 Å². The fourth-order valence-electron chi connectivity index (χ4n) is 1.69. The molecular weight excluding hydrogens is 216 g/mol. The Morgan fingerprint density at radius 3 is 2.76 bits per heavy atom. The second kappa shape index (κ2) is 4.97. The van der Waals surface area contributed by atoms with Gasteiger partial charge in [-0.25, -0.2) is 4.68 Å². The highest BCUT2D eigenvalue weighted by Gasteiger charge is 2.12. The Morgan fingerprint density at radius 1 is 1.35 bits per heavy atom. The molecule has 5 heteroatoms. The third kappa shape index (κ3) is 2.14. The number of hydrogen-bond donors (Lipinski definition) is 1. The summed E-state index contributed by atoms with van der Waals surface area (Å²) in [6.07, 6.45) is 0. The van der Waals surface area contributed by atoms with E-state index >= 15 is 0 Å². The van der Waals surface area contributed by atoms with Crippen LogP contribution in [0.4, 0.5) is 0 Å². The smallest absolute Gasteiger partial charge is 0.145 e. The minimum atomic E-state index is 0.392. The molecule has 0 aliphatic heterocycles. The molecule has 2 rings (SSSR count). The van der Waals surface area contributed by atoms with E-state index in [-0.39, 0.29) is 0 Å². The number of nitrogens with two attached hydrogens (primary N) is 1. The van der Waals surface area contributed by atoms with Crippen molar-refractivity contribution in [1.29, 1.82) is 0 Å². The van der Waals surface area contributed by atoms with E-state index in [4.69, 9.17) is 10.5 Å². The lowest BCUT2D eigenvalue weighted by atomic mass is 10.2. The fraction of sp³-hybridized carbons (Fsp3) is 0.333. The highest BCUT2D eigenvalue weighted by atomic mass is 16.5. The molecule has 0 spiro atoms. The molecule has 0 aliphatic rings. The molecule has 1 aromatic heterocycles. The van der Waals surface area contributed by atoms with E-state index in [0.717, 1.165) is 22.8 Å². The summed E-state index contributed by atoms with van der Waals surface area (Å²) in [5, 5.41) is 8.15. The summed E-state index contributed by atoms with van der Waals surface area (Å²) in [5.74, 6) is 0.798. The molecular formula is C12H16N4O. The zero-order chi connectivity index (χ0) is 12.3. The van der Waals surface area contributed by atoms with Crippen molar-refractivity contribution in [3.05, 3.63) is 35.7 Å². The lowest BCUT2D eigenvalue weighted by Crippen LogP contribution is -2.04. The van der Waals surface area contributed by atoms with Gasteiger partial charge in [0.1, 0.15) is 11.4 Å². The molecule has 0 aliphatic carbocycles. The van der Waals surface area contributed by atoms with Crippen molar-refractivity contribution < 1.29 is 4.74 Å². The van der Waals surface area contributed by atoms with Crippen molar-refractivity contribution >= 4 is 0 Å². The minimum Gasteiger partial charge on any atom is -0.492 e. The Labute approximate surface area is 100 Å². The molecule has 0 radical (unpaired) electrons. The fourth-order valence-corrected chi connectivity index (χ4v) is 1.69. The van der Waals surface area contributed by atoms with Crippen LogP contribution in [0.15, 0.2) is 24.3 Å². The molecule has 2 N–H and O–H groups in total. The standard InChI is InChI=1S/C12H16N4O/c1-3-17-12-7-5-4-6-11(12)16-9(2)10(8-13)14-15-16/h4-7H,3,8,13H2,1-2H3. The van der Waals surface area contributed by atoms with E-state index < -0.39 is 0 Å². The van der Waals surface area contributed by atoms with Crippen molar-refractivity contribution in [2.45, 2.75) is 20.4 Å². The maximum absolute atomic E-state index is 5.59. The summed E-state index contributed by atoms with van der Waals surface area (Å²) in [6.45, 7) is 4.92. The average molecular weight is 232 g/mol. The molecule has 0 saturated heterocycles. The Morgan fingerprint density at radius 2 is 2.12 bits per heavy atom. The monoisotopic (exact) mass is 232 g/mol. The van der Waals surface area contributed by atoms with Crippen molar-refractivity contribution in [1.82, 2.24) is 15.0 Å². The average Bonchev–Trinajstić information content (AvgIpc) is 2.72. The zero-order valence-electron chi connectivity index (χ0n) is 10.1. The van der Waals surface area contributed by atoms with Crippen LogP contribution in [0, 0.1) is 6.92 Å². The molecule has 5 nitrogen and oxygen atoms in total. The van der Waals surface area contributed by atoms with Crippen LogP contribution in [0.5, 0.6) is 5.75 Å². The molecule has 0 bridgehead atoms. The molecule has 2 aromatic rings. The summed E-state index contributed by atoms with van der Waals surface area (Å²) < 4.78 is 7.33. The number of benzene rings is 1. The molecule has 0 atom stereocenters. The highest BCUT2D eigenvalue weighted by molar-refractivity contribution is 5.46. The second-order valence-corrected chi connectivity index (χ2v) is 3.64. The molecule has 1 aromatic carbocycles. The quantitative estimate of drug-likeness (QED) is 0.866. The summed E-state index contributed by atoms with van der Waals surface area (Å²) in [6, 6.07) is 7.75. The first-order valence-corrected chi connectivity index (χ1v) is 5.61. The molecule has 1 heterocycles. The molecule has 90 valence electrons. The van der Waals surface area contributed by atoms with Gasteiger partial charge in [0, 0.05) is 6.54 Å². The van der Waals surface area contributed by atoms with Crippen molar-refractivity contribution in [2.75, 3.05) is 6.61 Å². The van der Waals surface area contributed by atoms with Crippen LogP contribution < -0.4 is 10.5 Å². The highest BCUT2D eigenvalue weighted by Crippen LogP contribution is 2.23. The third-order valence-electron chi connectivity index (χ3n) is 2.58. The van der Waals surface area contributed by atoms with Gasteiger partial charge in [-0.2, -0.15) is 0 Å². The van der Waals surface area contributed by atoms with Crippen LogP contribution in [-0.2, 0) is 6.54 Å². The molecule has 0 saturated carbocycles. The topological polar surface area (TPSA) is 66.0 Å². The molecule has 0 unspecified atom stereocenters. The Bertz CT molecular complexity index is 507. The summed E-state index contributed by atoms with van der Waals surface area (Å²) in [4.78, 5) is 0. The Kier molecular flexibility index (Phi) is 3.39. The second-order valence-electron chi connectivity index (χ2n) is 3.64. The van der Waals surface area contributed by atoms with Gasteiger partial charge in [0.15, 0.2) is 0 Å². The summed E-state index contributed by atoms with van der Waals surface area (Å²) >= 11 is 0. The van der Waals surface area contributed by atoms with Crippen LogP contribution in [0.1, 0.15) is 18.3 Å². The normalized spacial score (nSPS) is 10.5. The number of hydrogen-bond acceptors (Lipinski definition) is 4. The van der Waals surface area contributed by atoms with Crippen molar-refractivity contribution in [2.24, 2.45) is 5.73 Å². The Hall–Kier alpha value is -1.88. The van der Waals surface area contributed by atoms with Crippen LogP contribution in [0.25, 0.3) is 5.69 Å². The lowest BCUT2D eigenvalue weighted by molar-refractivity contribution is 0.338. The number of aromatic nitrogens is 3. The van der Waals surface area contributed by atoms with Gasteiger partial charge in [0.25, 0.3) is 0 Å². The van der Waals surface area contributed by atoms with Gasteiger partial charge in [0.2, 0.25) is 0 Å². The van der Waals surface area contributed by atoms with E-state index in [0.29, 0.717) is 13.2 Å². The van der Waals surface area contributed by atoms with Crippen molar-refractivity contribution in [3.8, 4) is 11.4 Å². The number of nitrogens with zero attached hydrogens (tertiary/aromatic N) is 3. The van der Waals surface area contributed by atoms with Crippen LogP contribution >= 0.6 is 0 Å². The van der Waals surface area contributed by atoms with Gasteiger partial charge in [-0.05, 0) is 26.0 Å². The van der Waals surface area contributed by atoms with Gasteiger partial charge >= 0.3 is 0 Å². The van der Waals surface area contributed by atoms with E-state index in [1.54, 1.807) is 4.68 Å². The van der Waals surface area contributed by atoms with Gasteiger partial charge in [-0.15, -0.1) is 5.10 Å². The summed E-state index contributed by atoms with van der Waals surface area (Å²) in [5.41, 5.74) is 8.23. The lowest BCUT2D eigenvalue weighted by Gasteiger charge is -2.10. The molecule has 0 amide bonds. The van der Waals surface area contributed by atoms with Crippen LogP contribution in [-0.4, -0.2) is 21.6 Å². The first kappa shape index (κ1) is 11.6. The maximum atomic E-state index is 5.59. The van der Waals surface area contributed by atoms with Crippen LogP contribution in [0.2, 0.25) is 0 Å². The van der Waals surface area contributed by atoms with Gasteiger partial charge in [0.05, 0.1) is 18.0 Å². The van der Waals surface area contributed by atoms with E-state index in [1.165, 1.54) is 0 Å². The predicted molar refractivity (Wildman–Crippen MR) is 65.2 cm³/mol. The summed E-state index contributed by atoms with van der Waals surface area (Å²) in [7, 11) is 0. The van der Waals surface area contributed by atoms with Gasteiger partial charge < -0.3 is 10.5 Å². The SMILES string of the molecule is CCOc1ccccc1-n1nnc(CN)c1C. The number of rotatable bonds is 4. The third-order valence-corrected chi connectivity index (χ3v) is 2.58. The number of para-hydroxylation sites is 2.